The van der Waals surface area contributed by atoms with Crippen molar-refractivity contribution < 1.29 is 8.42 Å². The normalized spacial score (nSPS) is 11.6. The summed E-state index contributed by atoms with van der Waals surface area (Å²) in [6.07, 6.45) is 1.81. The number of nitrogens with two attached hydrogens (primary N) is 1. The molecule has 23 heavy (non-hydrogen) atoms. The molecule has 0 saturated carbocycles. The van der Waals surface area contributed by atoms with Crippen molar-refractivity contribution in [2.75, 3.05) is 0 Å². The van der Waals surface area contributed by atoms with Gasteiger partial charge >= 0.3 is 0 Å². The van der Waals surface area contributed by atoms with Gasteiger partial charge in [-0.25, -0.2) is 18.2 Å². The summed E-state index contributed by atoms with van der Waals surface area (Å²) in [5, 5.41) is 13.3. The van der Waals surface area contributed by atoms with Gasteiger partial charge in [0.15, 0.2) is 0 Å². The van der Waals surface area contributed by atoms with Crippen LogP contribution in [0.3, 0.4) is 0 Å². The van der Waals surface area contributed by atoms with Gasteiger partial charge in [0.25, 0.3) is 0 Å². The predicted molar refractivity (Wildman–Crippen MR) is 90.1 cm³/mol. The summed E-state index contributed by atoms with van der Waals surface area (Å²) < 4.78 is 25.2. The largest absolute Gasteiger partial charge is 0.247 e. The zero-order valence-electron chi connectivity index (χ0n) is 11.9. The molecule has 0 saturated heterocycles. The van der Waals surface area contributed by atoms with Crippen LogP contribution in [0, 0.1) is 0 Å². The lowest BCUT2D eigenvalue weighted by atomic mass is 10.2. The van der Waals surface area contributed by atoms with Crippen molar-refractivity contribution in [3.8, 4) is 11.3 Å². The third-order valence-electron chi connectivity index (χ3n) is 3.25. The number of halogens is 1. The quantitative estimate of drug-likeness (QED) is 0.737. The molecule has 6 nitrogen and oxygen atoms in total. The van der Waals surface area contributed by atoms with Crippen LogP contribution in [-0.4, -0.2) is 23.4 Å². The van der Waals surface area contributed by atoms with Gasteiger partial charge < -0.3 is 0 Å². The maximum atomic E-state index is 11.3. The lowest BCUT2D eigenvalue weighted by Gasteiger charge is -2.01. The number of primary sulfonamides is 1. The molecule has 1 heterocycles. The van der Waals surface area contributed by atoms with Crippen LogP contribution < -0.4 is 5.14 Å². The van der Waals surface area contributed by atoms with Crippen LogP contribution in [0.2, 0.25) is 0 Å². The van der Waals surface area contributed by atoms with E-state index in [-0.39, 0.29) is 4.90 Å². The molecular formula is C15H13BrN4O2S. The van der Waals surface area contributed by atoms with Crippen LogP contribution in [0.4, 0.5) is 0 Å². The average molecular weight is 393 g/mol. The van der Waals surface area contributed by atoms with Crippen molar-refractivity contribution in [2.24, 2.45) is 5.14 Å². The van der Waals surface area contributed by atoms with Gasteiger partial charge in [-0.2, -0.15) is 0 Å². The molecule has 0 bridgehead atoms. The summed E-state index contributed by atoms with van der Waals surface area (Å²) in [7, 11) is -3.69. The van der Waals surface area contributed by atoms with Gasteiger partial charge in [-0.05, 0) is 29.8 Å². The number of aromatic nitrogens is 3. The van der Waals surface area contributed by atoms with E-state index in [1.165, 1.54) is 12.1 Å². The van der Waals surface area contributed by atoms with E-state index in [0.717, 1.165) is 15.6 Å². The Bertz CT molecular complexity index is 936. The van der Waals surface area contributed by atoms with Gasteiger partial charge in [-0.15, -0.1) is 5.10 Å². The Labute approximate surface area is 142 Å². The molecule has 8 heteroatoms. The first-order chi connectivity index (χ1) is 10.9. The van der Waals surface area contributed by atoms with Crippen LogP contribution in [0.5, 0.6) is 0 Å². The van der Waals surface area contributed by atoms with E-state index in [2.05, 4.69) is 26.2 Å². The molecule has 0 spiro atoms. The minimum Gasteiger partial charge on any atom is -0.247 e. The maximum absolute atomic E-state index is 11.3. The molecule has 0 aliphatic carbocycles. The molecule has 0 aliphatic heterocycles. The fraction of sp³-hybridized carbons (Fsp3) is 0.0667. The zero-order valence-corrected chi connectivity index (χ0v) is 14.3. The molecule has 3 rings (SSSR count). The molecule has 1 aromatic heterocycles. The lowest BCUT2D eigenvalue weighted by Crippen LogP contribution is -2.11. The van der Waals surface area contributed by atoms with Crippen molar-refractivity contribution >= 4 is 26.0 Å². The van der Waals surface area contributed by atoms with Gasteiger partial charge in [-0.1, -0.05) is 45.4 Å². The van der Waals surface area contributed by atoms with Crippen molar-refractivity contribution in [3.05, 3.63) is 64.8 Å². The Kier molecular flexibility index (Phi) is 4.29. The molecule has 0 fully saturated rings. The highest BCUT2D eigenvalue weighted by Crippen LogP contribution is 2.19. The Morgan fingerprint density at radius 1 is 1.13 bits per heavy atom. The lowest BCUT2D eigenvalue weighted by molar-refractivity contribution is 0.598. The molecule has 2 N–H and O–H groups in total. The average Bonchev–Trinajstić information content (AvgIpc) is 2.95. The highest BCUT2D eigenvalue weighted by molar-refractivity contribution is 9.10. The van der Waals surface area contributed by atoms with Crippen molar-refractivity contribution in [2.45, 2.75) is 11.4 Å². The van der Waals surface area contributed by atoms with Gasteiger partial charge in [0.1, 0.15) is 5.69 Å². The summed E-state index contributed by atoms with van der Waals surface area (Å²) in [5.74, 6) is 0. The van der Waals surface area contributed by atoms with Gasteiger partial charge in [0, 0.05) is 10.0 Å². The highest BCUT2D eigenvalue weighted by Gasteiger charge is 2.09. The van der Waals surface area contributed by atoms with E-state index >= 15 is 0 Å². The number of sulfonamides is 1. The highest BCUT2D eigenvalue weighted by atomic mass is 79.9. The number of rotatable bonds is 4. The smallest absolute Gasteiger partial charge is 0.238 e. The Morgan fingerprint density at radius 2 is 1.87 bits per heavy atom. The number of hydrogen-bond acceptors (Lipinski definition) is 4. The van der Waals surface area contributed by atoms with E-state index in [4.69, 9.17) is 5.14 Å². The van der Waals surface area contributed by atoms with Crippen LogP contribution in [0.15, 0.2) is 64.1 Å². The van der Waals surface area contributed by atoms with E-state index in [1.807, 2.05) is 30.5 Å². The SMILES string of the molecule is NS(=O)(=O)c1ccc(-c2cn(Cc3cccc(Br)c3)nn2)cc1. The Morgan fingerprint density at radius 3 is 2.52 bits per heavy atom. The fourth-order valence-electron chi connectivity index (χ4n) is 2.15. The van der Waals surface area contributed by atoms with E-state index in [9.17, 15) is 8.42 Å². The predicted octanol–water partition coefficient (Wildman–Crippen LogP) is 2.40. The van der Waals surface area contributed by atoms with Crippen molar-refractivity contribution in [1.29, 1.82) is 0 Å². The minimum atomic E-state index is -3.69. The van der Waals surface area contributed by atoms with E-state index in [1.54, 1.807) is 16.8 Å². The topological polar surface area (TPSA) is 90.9 Å². The summed E-state index contributed by atoms with van der Waals surface area (Å²) in [5.41, 5.74) is 2.54. The van der Waals surface area contributed by atoms with E-state index < -0.39 is 10.0 Å². The Hall–Kier alpha value is -2.03. The first-order valence-electron chi connectivity index (χ1n) is 6.70. The van der Waals surface area contributed by atoms with Gasteiger partial charge in [-0.3, -0.25) is 0 Å². The monoisotopic (exact) mass is 392 g/mol. The van der Waals surface area contributed by atoms with Crippen LogP contribution >= 0.6 is 15.9 Å². The number of benzene rings is 2. The van der Waals surface area contributed by atoms with E-state index in [0.29, 0.717) is 12.2 Å². The second kappa shape index (κ2) is 6.23. The maximum Gasteiger partial charge on any atom is 0.238 e. The molecular weight excluding hydrogens is 380 g/mol. The summed E-state index contributed by atoms with van der Waals surface area (Å²) >= 11 is 3.44. The molecule has 118 valence electrons. The van der Waals surface area contributed by atoms with Gasteiger partial charge in [0.05, 0.1) is 17.6 Å². The molecule has 0 amide bonds. The molecule has 0 aliphatic rings. The van der Waals surface area contributed by atoms with Crippen LogP contribution in [-0.2, 0) is 16.6 Å². The first kappa shape index (κ1) is 15.9. The van der Waals surface area contributed by atoms with Crippen LogP contribution in [0.1, 0.15) is 5.56 Å². The second-order valence-corrected chi connectivity index (χ2v) is 7.48. The molecule has 0 unspecified atom stereocenters. The minimum absolute atomic E-state index is 0.0720. The van der Waals surface area contributed by atoms with Crippen LogP contribution in [0.25, 0.3) is 11.3 Å². The van der Waals surface area contributed by atoms with Gasteiger partial charge in [0.2, 0.25) is 10.0 Å². The molecule has 0 radical (unpaired) electrons. The van der Waals surface area contributed by atoms with Crippen molar-refractivity contribution in [1.82, 2.24) is 15.0 Å². The zero-order chi connectivity index (χ0) is 16.4. The number of nitrogens with zero attached hydrogens (tertiary/aromatic N) is 3. The molecule has 2 aromatic carbocycles. The third-order valence-corrected chi connectivity index (χ3v) is 4.67. The molecule has 3 aromatic rings. The van der Waals surface area contributed by atoms with Crippen molar-refractivity contribution in [3.63, 3.8) is 0 Å². The Balaban J connectivity index is 1.81. The molecule has 0 atom stereocenters. The first-order valence-corrected chi connectivity index (χ1v) is 9.03. The number of hydrogen-bond donors (Lipinski definition) is 1. The second-order valence-electron chi connectivity index (χ2n) is 5.00. The summed E-state index contributed by atoms with van der Waals surface area (Å²) in [6.45, 7) is 0.599. The summed E-state index contributed by atoms with van der Waals surface area (Å²) in [6, 6.07) is 14.2. The fourth-order valence-corrected chi connectivity index (χ4v) is 3.11. The third kappa shape index (κ3) is 3.84. The standard InChI is InChI=1S/C15H13BrN4O2S/c16-13-3-1-2-11(8-13)9-20-10-15(18-19-20)12-4-6-14(7-5-12)23(17,21)22/h1-8,10H,9H2,(H2,17,21,22). The summed E-state index contributed by atoms with van der Waals surface area (Å²) in [4.78, 5) is 0.0720.